The van der Waals surface area contributed by atoms with E-state index in [1.807, 2.05) is 53.6 Å². The van der Waals surface area contributed by atoms with Gasteiger partial charge in [-0.2, -0.15) is 10.4 Å². The first kappa shape index (κ1) is 21.8. The van der Waals surface area contributed by atoms with Gasteiger partial charge >= 0.3 is 0 Å². The van der Waals surface area contributed by atoms with E-state index in [-0.39, 0.29) is 5.91 Å². The highest BCUT2D eigenvalue weighted by atomic mass is 16.2. The maximum atomic E-state index is 13.0. The lowest BCUT2D eigenvalue weighted by molar-refractivity contribution is 0.0595. The largest absolute Gasteiger partial charge is 0.336 e. The van der Waals surface area contributed by atoms with Crippen molar-refractivity contribution in [3.63, 3.8) is 0 Å². The number of carbonyl (C=O) groups excluding carboxylic acids is 1. The van der Waals surface area contributed by atoms with Gasteiger partial charge in [-0.25, -0.2) is 9.50 Å². The number of amides is 1. The first-order valence-electron chi connectivity index (χ1n) is 11.5. The Morgan fingerprint density at radius 2 is 1.62 bits per heavy atom. The molecule has 0 N–H and O–H groups in total. The Hall–Kier alpha value is -4.02. The van der Waals surface area contributed by atoms with Gasteiger partial charge in [0.25, 0.3) is 5.91 Å². The van der Waals surface area contributed by atoms with Crippen molar-refractivity contribution in [2.24, 2.45) is 0 Å². The highest BCUT2D eigenvalue weighted by molar-refractivity contribution is 5.94. The van der Waals surface area contributed by atoms with E-state index in [1.165, 1.54) is 0 Å². The molecule has 170 valence electrons. The Bertz CT molecular complexity index is 1360. The predicted molar refractivity (Wildman–Crippen MR) is 131 cm³/mol. The van der Waals surface area contributed by atoms with Crippen molar-refractivity contribution in [2.75, 3.05) is 26.2 Å². The Morgan fingerprint density at radius 1 is 0.941 bits per heavy atom. The van der Waals surface area contributed by atoms with Crippen molar-refractivity contribution in [3.8, 4) is 28.5 Å². The summed E-state index contributed by atoms with van der Waals surface area (Å²) < 4.78 is 1.74. The van der Waals surface area contributed by atoms with Gasteiger partial charge in [-0.1, -0.05) is 24.3 Å². The van der Waals surface area contributed by atoms with Crippen molar-refractivity contribution in [1.82, 2.24) is 24.4 Å². The summed E-state index contributed by atoms with van der Waals surface area (Å²) in [5.41, 5.74) is 5.67. The molecule has 1 aliphatic rings. The van der Waals surface area contributed by atoms with Crippen molar-refractivity contribution in [3.05, 3.63) is 78.1 Å². The van der Waals surface area contributed by atoms with Crippen LogP contribution in [0.5, 0.6) is 0 Å². The van der Waals surface area contributed by atoms with Crippen molar-refractivity contribution in [2.45, 2.75) is 19.9 Å². The van der Waals surface area contributed by atoms with E-state index in [0.717, 1.165) is 54.2 Å². The van der Waals surface area contributed by atoms with E-state index >= 15 is 0 Å². The molecule has 2 aromatic heterocycles. The summed E-state index contributed by atoms with van der Waals surface area (Å²) in [4.78, 5) is 22.2. The maximum absolute atomic E-state index is 13.0. The zero-order valence-corrected chi connectivity index (χ0v) is 19.3. The molecule has 7 heteroatoms. The minimum Gasteiger partial charge on any atom is -0.336 e. The maximum Gasteiger partial charge on any atom is 0.253 e. The number of carbonyl (C=O) groups is 1. The Balaban J connectivity index is 1.37. The lowest BCUT2D eigenvalue weighted by Crippen LogP contribution is -2.50. The molecule has 7 nitrogen and oxygen atoms in total. The normalized spacial score (nSPS) is 14.5. The molecule has 1 amide bonds. The van der Waals surface area contributed by atoms with E-state index in [1.54, 1.807) is 22.8 Å². The smallest absolute Gasteiger partial charge is 0.253 e. The zero-order valence-electron chi connectivity index (χ0n) is 19.3. The topological polar surface area (TPSA) is 77.5 Å². The van der Waals surface area contributed by atoms with Gasteiger partial charge in [-0.3, -0.25) is 9.69 Å². The van der Waals surface area contributed by atoms with E-state index in [4.69, 9.17) is 10.2 Å². The van der Waals surface area contributed by atoms with Crippen LogP contribution in [0.2, 0.25) is 0 Å². The minimum absolute atomic E-state index is 0.0808. The molecule has 0 bridgehead atoms. The van der Waals surface area contributed by atoms with Crippen LogP contribution in [0.25, 0.3) is 28.0 Å². The molecule has 1 fully saturated rings. The molecule has 0 aliphatic carbocycles. The van der Waals surface area contributed by atoms with Gasteiger partial charge in [0.05, 0.1) is 23.5 Å². The molecule has 2 aromatic carbocycles. The van der Waals surface area contributed by atoms with Gasteiger partial charge < -0.3 is 4.90 Å². The fraction of sp³-hybridized carbons (Fsp3) is 0.259. The van der Waals surface area contributed by atoms with Gasteiger partial charge in [0, 0.05) is 55.1 Å². The fourth-order valence-electron chi connectivity index (χ4n) is 4.37. The summed E-state index contributed by atoms with van der Waals surface area (Å²) in [6, 6.07) is 19.6. The predicted octanol–water partition coefficient (Wildman–Crippen LogP) is 4.10. The van der Waals surface area contributed by atoms with Crippen LogP contribution in [0.1, 0.15) is 29.8 Å². The van der Waals surface area contributed by atoms with Crippen LogP contribution in [0.15, 0.2) is 67.0 Å². The van der Waals surface area contributed by atoms with E-state index < -0.39 is 0 Å². The highest BCUT2D eigenvalue weighted by Crippen LogP contribution is 2.26. The molecule has 0 spiro atoms. The second-order valence-electron chi connectivity index (χ2n) is 8.83. The fourth-order valence-corrected chi connectivity index (χ4v) is 4.37. The SMILES string of the molecule is CC(C)N1CCN(C(=O)c2ccc(-c3ccn4ncc(-c5ccc(C#N)cc5)c4n3)cc2)CC1. The van der Waals surface area contributed by atoms with Crippen LogP contribution in [0, 0.1) is 11.3 Å². The van der Waals surface area contributed by atoms with Crippen molar-refractivity contribution < 1.29 is 4.79 Å². The Labute approximate surface area is 198 Å². The van der Waals surface area contributed by atoms with Crippen LogP contribution in [-0.2, 0) is 0 Å². The monoisotopic (exact) mass is 450 g/mol. The summed E-state index contributed by atoms with van der Waals surface area (Å²) in [6.45, 7) is 7.74. The Morgan fingerprint density at radius 3 is 2.26 bits per heavy atom. The zero-order chi connectivity index (χ0) is 23.7. The molecular formula is C27H26N6O. The van der Waals surface area contributed by atoms with Gasteiger partial charge in [-0.15, -0.1) is 0 Å². The van der Waals surface area contributed by atoms with Crippen LogP contribution in [0.3, 0.4) is 0 Å². The third-order valence-electron chi connectivity index (χ3n) is 6.45. The lowest BCUT2D eigenvalue weighted by Gasteiger charge is -2.37. The van der Waals surface area contributed by atoms with Crippen LogP contribution in [0.4, 0.5) is 0 Å². The van der Waals surface area contributed by atoms with Gasteiger partial charge in [0.1, 0.15) is 0 Å². The van der Waals surface area contributed by atoms with Crippen molar-refractivity contribution >= 4 is 11.6 Å². The van der Waals surface area contributed by atoms with Crippen LogP contribution >= 0.6 is 0 Å². The number of piperazine rings is 1. The van der Waals surface area contributed by atoms with Crippen LogP contribution in [-0.4, -0.2) is 62.5 Å². The number of hydrogen-bond acceptors (Lipinski definition) is 5. The molecule has 0 unspecified atom stereocenters. The summed E-state index contributed by atoms with van der Waals surface area (Å²) in [6.07, 6.45) is 3.67. The van der Waals surface area contributed by atoms with Crippen LogP contribution < -0.4 is 0 Å². The molecule has 0 atom stereocenters. The van der Waals surface area contributed by atoms with E-state index in [2.05, 4.69) is 29.9 Å². The molecule has 4 aromatic rings. The first-order chi connectivity index (χ1) is 16.5. The summed E-state index contributed by atoms with van der Waals surface area (Å²) in [7, 11) is 0. The number of hydrogen-bond donors (Lipinski definition) is 0. The second-order valence-corrected chi connectivity index (χ2v) is 8.83. The number of nitriles is 1. The molecule has 5 rings (SSSR count). The second kappa shape index (κ2) is 9.08. The molecule has 0 saturated carbocycles. The number of rotatable bonds is 4. The number of fused-ring (bicyclic) bond motifs is 1. The Kier molecular flexibility index (Phi) is 5.83. The number of nitrogens with zero attached hydrogens (tertiary/aromatic N) is 6. The quantitative estimate of drug-likeness (QED) is 0.468. The summed E-state index contributed by atoms with van der Waals surface area (Å²) in [5, 5.41) is 13.5. The number of aromatic nitrogens is 3. The van der Waals surface area contributed by atoms with E-state index in [0.29, 0.717) is 17.2 Å². The lowest BCUT2D eigenvalue weighted by atomic mass is 10.1. The first-order valence-corrected chi connectivity index (χ1v) is 11.5. The average molecular weight is 451 g/mol. The standard InChI is InChI=1S/C27H26N6O/c1-19(2)31-13-15-32(16-14-31)27(34)23-9-7-22(8-10-23)25-11-12-33-26(30-25)24(18-29-33)21-5-3-20(17-28)4-6-21/h3-12,18-19H,13-16H2,1-2H3. The number of benzene rings is 2. The summed E-state index contributed by atoms with van der Waals surface area (Å²) >= 11 is 0. The summed E-state index contributed by atoms with van der Waals surface area (Å²) in [5.74, 6) is 0.0808. The highest BCUT2D eigenvalue weighted by Gasteiger charge is 2.23. The van der Waals surface area contributed by atoms with Gasteiger partial charge in [0.2, 0.25) is 0 Å². The third-order valence-corrected chi connectivity index (χ3v) is 6.45. The molecular weight excluding hydrogens is 424 g/mol. The molecule has 0 radical (unpaired) electrons. The van der Waals surface area contributed by atoms with Gasteiger partial charge in [0.15, 0.2) is 5.65 Å². The molecule has 1 aliphatic heterocycles. The average Bonchev–Trinajstić information content (AvgIpc) is 3.32. The third kappa shape index (κ3) is 4.16. The molecule has 1 saturated heterocycles. The van der Waals surface area contributed by atoms with Crippen molar-refractivity contribution in [1.29, 1.82) is 5.26 Å². The van der Waals surface area contributed by atoms with E-state index in [9.17, 15) is 4.79 Å². The van der Waals surface area contributed by atoms with Gasteiger partial charge in [-0.05, 0) is 49.7 Å². The molecule has 3 heterocycles. The molecule has 34 heavy (non-hydrogen) atoms. The minimum atomic E-state index is 0.0808.